The fourth-order valence-electron chi connectivity index (χ4n) is 1.49. The molecule has 0 spiro atoms. The van der Waals surface area contributed by atoms with Gasteiger partial charge in [-0.1, -0.05) is 12.1 Å². The average Bonchev–Trinajstić information content (AvgIpc) is 2.26. The molecule has 0 aromatic heterocycles. The van der Waals surface area contributed by atoms with Gasteiger partial charge in [-0.25, -0.2) is 0 Å². The van der Waals surface area contributed by atoms with Crippen molar-refractivity contribution in [3.63, 3.8) is 0 Å². The second-order valence-corrected chi connectivity index (χ2v) is 5.27. The maximum absolute atomic E-state index is 11.3. The molecule has 16 heavy (non-hydrogen) atoms. The standard InChI is InChI=1S/C13H19NOS/c1-4-5-7-11(2)14-12-8-6-9-13(10-12)16(3)15/h4,6,8-11,14H,1,5,7H2,2-3H3/t11-,16-/m0/s1. The van der Waals surface area contributed by atoms with E-state index in [0.29, 0.717) is 6.04 Å². The van der Waals surface area contributed by atoms with E-state index in [2.05, 4.69) is 18.8 Å². The van der Waals surface area contributed by atoms with Crippen LogP contribution in [0.5, 0.6) is 0 Å². The highest BCUT2D eigenvalue weighted by atomic mass is 32.2. The second kappa shape index (κ2) is 6.48. The molecule has 2 nitrogen and oxygen atoms in total. The zero-order valence-corrected chi connectivity index (χ0v) is 10.7. The van der Waals surface area contributed by atoms with Gasteiger partial charge in [0.1, 0.15) is 0 Å². The summed E-state index contributed by atoms with van der Waals surface area (Å²) in [6.45, 7) is 5.85. The van der Waals surface area contributed by atoms with Crippen LogP contribution in [0.1, 0.15) is 19.8 Å². The molecule has 1 N–H and O–H groups in total. The fourth-order valence-corrected chi connectivity index (χ4v) is 2.05. The smallest absolute Gasteiger partial charge is 0.0498 e. The van der Waals surface area contributed by atoms with E-state index in [4.69, 9.17) is 0 Å². The molecule has 0 bridgehead atoms. The van der Waals surface area contributed by atoms with E-state index in [9.17, 15) is 4.21 Å². The Hall–Kier alpha value is -1.09. The van der Waals surface area contributed by atoms with Crippen molar-refractivity contribution in [2.45, 2.75) is 30.7 Å². The van der Waals surface area contributed by atoms with Gasteiger partial charge in [-0.2, -0.15) is 0 Å². The normalized spacial score (nSPS) is 14.1. The molecule has 0 radical (unpaired) electrons. The van der Waals surface area contributed by atoms with Crippen molar-refractivity contribution in [1.29, 1.82) is 0 Å². The first-order chi connectivity index (χ1) is 7.63. The van der Waals surface area contributed by atoms with Crippen molar-refractivity contribution in [3.05, 3.63) is 36.9 Å². The predicted octanol–water partition coefficient (Wildman–Crippen LogP) is 3.19. The van der Waals surface area contributed by atoms with E-state index < -0.39 is 10.8 Å². The SMILES string of the molecule is C=CCC[C@H](C)Nc1cccc([S@](C)=O)c1. The molecule has 0 saturated heterocycles. The van der Waals surface area contributed by atoms with Gasteiger partial charge in [0.25, 0.3) is 0 Å². The molecule has 0 saturated carbocycles. The zero-order chi connectivity index (χ0) is 12.0. The second-order valence-electron chi connectivity index (χ2n) is 3.89. The highest BCUT2D eigenvalue weighted by molar-refractivity contribution is 7.84. The quantitative estimate of drug-likeness (QED) is 0.770. The lowest BCUT2D eigenvalue weighted by Gasteiger charge is -2.14. The van der Waals surface area contributed by atoms with E-state index in [-0.39, 0.29) is 0 Å². The summed E-state index contributed by atoms with van der Waals surface area (Å²) in [5.74, 6) is 0. The molecule has 0 unspecified atom stereocenters. The van der Waals surface area contributed by atoms with Crippen molar-refractivity contribution < 1.29 is 4.21 Å². The summed E-state index contributed by atoms with van der Waals surface area (Å²) >= 11 is 0. The van der Waals surface area contributed by atoms with Crippen LogP contribution in [0.4, 0.5) is 5.69 Å². The summed E-state index contributed by atoms with van der Waals surface area (Å²) in [6, 6.07) is 8.16. The number of anilines is 1. The molecule has 0 fully saturated rings. The lowest BCUT2D eigenvalue weighted by Crippen LogP contribution is -2.14. The van der Waals surface area contributed by atoms with Crippen LogP contribution >= 0.6 is 0 Å². The zero-order valence-electron chi connectivity index (χ0n) is 9.90. The Balaban J connectivity index is 2.62. The summed E-state index contributed by atoms with van der Waals surface area (Å²) < 4.78 is 11.3. The lowest BCUT2D eigenvalue weighted by atomic mass is 10.1. The minimum atomic E-state index is -0.916. The third-order valence-electron chi connectivity index (χ3n) is 2.38. The minimum Gasteiger partial charge on any atom is -0.383 e. The van der Waals surface area contributed by atoms with Gasteiger partial charge in [-0.05, 0) is 38.0 Å². The Morgan fingerprint density at radius 2 is 2.31 bits per heavy atom. The van der Waals surface area contributed by atoms with Crippen LogP contribution in [0.2, 0.25) is 0 Å². The molecule has 1 aromatic rings. The van der Waals surface area contributed by atoms with Gasteiger partial charge >= 0.3 is 0 Å². The highest BCUT2D eigenvalue weighted by Gasteiger charge is 2.02. The van der Waals surface area contributed by atoms with Crippen molar-refractivity contribution >= 4 is 16.5 Å². The van der Waals surface area contributed by atoms with E-state index in [1.54, 1.807) is 6.26 Å². The van der Waals surface area contributed by atoms with Crippen LogP contribution in [0.25, 0.3) is 0 Å². The van der Waals surface area contributed by atoms with E-state index >= 15 is 0 Å². The number of benzene rings is 1. The summed E-state index contributed by atoms with van der Waals surface area (Å²) in [5, 5.41) is 3.39. The lowest BCUT2D eigenvalue weighted by molar-refractivity contribution is 0.686. The predicted molar refractivity (Wildman–Crippen MR) is 71.3 cm³/mol. The molecule has 0 amide bonds. The van der Waals surface area contributed by atoms with Gasteiger partial charge in [0.05, 0.1) is 0 Å². The van der Waals surface area contributed by atoms with Crippen molar-refractivity contribution in [2.75, 3.05) is 11.6 Å². The van der Waals surface area contributed by atoms with Crippen LogP contribution < -0.4 is 5.32 Å². The van der Waals surface area contributed by atoms with Crippen LogP contribution in [0.15, 0.2) is 41.8 Å². The van der Waals surface area contributed by atoms with E-state index in [0.717, 1.165) is 23.4 Å². The molecule has 0 aliphatic heterocycles. The third-order valence-corrected chi connectivity index (χ3v) is 3.30. The van der Waals surface area contributed by atoms with Crippen LogP contribution in [0.3, 0.4) is 0 Å². The maximum Gasteiger partial charge on any atom is 0.0498 e. The van der Waals surface area contributed by atoms with E-state index in [1.165, 1.54) is 0 Å². The molecule has 1 aromatic carbocycles. The number of hydrogen-bond acceptors (Lipinski definition) is 2. The maximum atomic E-state index is 11.3. The Morgan fingerprint density at radius 3 is 2.94 bits per heavy atom. The summed E-state index contributed by atoms with van der Waals surface area (Å²) in [5.41, 5.74) is 1.03. The van der Waals surface area contributed by atoms with E-state index in [1.807, 2.05) is 30.3 Å². The molecular weight excluding hydrogens is 218 g/mol. The first kappa shape index (κ1) is 13.0. The Kier molecular flexibility index (Phi) is 5.26. The molecule has 1 rings (SSSR count). The first-order valence-electron chi connectivity index (χ1n) is 5.44. The van der Waals surface area contributed by atoms with Gasteiger partial charge in [0.15, 0.2) is 0 Å². The first-order valence-corrected chi connectivity index (χ1v) is 7.00. The molecule has 0 aliphatic rings. The minimum absolute atomic E-state index is 0.401. The van der Waals surface area contributed by atoms with Gasteiger partial charge < -0.3 is 5.32 Å². The Bertz CT molecular complexity index is 376. The molecule has 0 heterocycles. The van der Waals surface area contributed by atoms with Gasteiger partial charge in [-0.15, -0.1) is 6.58 Å². The van der Waals surface area contributed by atoms with Crippen LogP contribution in [-0.2, 0) is 10.8 Å². The van der Waals surface area contributed by atoms with Crippen molar-refractivity contribution in [3.8, 4) is 0 Å². The van der Waals surface area contributed by atoms with Gasteiger partial charge in [0, 0.05) is 33.7 Å². The average molecular weight is 237 g/mol. The van der Waals surface area contributed by atoms with Crippen LogP contribution in [-0.4, -0.2) is 16.5 Å². The fraction of sp³-hybridized carbons (Fsp3) is 0.385. The topological polar surface area (TPSA) is 29.1 Å². The number of rotatable bonds is 6. The van der Waals surface area contributed by atoms with Gasteiger partial charge in [-0.3, -0.25) is 4.21 Å². The van der Waals surface area contributed by atoms with Crippen molar-refractivity contribution in [1.82, 2.24) is 0 Å². The summed E-state index contributed by atoms with van der Waals surface area (Å²) in [6.07, 6.45) is 5.69. The number of allylic oxidation sites excluding steroid dienone is 1. The third kappa shape index (κ3) is 4.19. The van der Waals surface area contributed by atoms with Crippen LogP contribution in [0, 0.1) is 0 Å². The molecule has 3 heteroatoms. The number of nitrogens with one attached hydrogen (secondary N) is 1. The van der Waals surface area contributed by atoms with Gasteiger partial charge in [0.2, 0.25) is 0 Å². The highest BCUT2D eigenvalue weighted by Crippen LogP contribution is 2.15. The molecule has 0 aliphatic carbocycles. The number of hydrogen-bond donors (Lipinski definition) is 1. The molecule has 2 atom stereocenters. The summed E-state index contributed by atoms with van der Waals surface area (Å²) in [4.78, 5) is 0.862. The Morgan fingerprint density at radius 1 is 1.56 bits per heavy atom. The molecular formula is C13H19NOS. The molecule has 88 valence electrons. The summed E-state index contributed by atoms with van der Waals surface area (Å²) in [7, 11) is -0.916. The van der Waals surface area contributed by atoms with Crippen molar-refractivity contribution in [2.24, 2.45) is 0 Å². The largest absolute Gasteiger partial charge is 0.383 e. The Labute approximate surface area is 100 Å². The monoisotopic (exact) mass is 237 g/mol.